The van der Waals surface area contributed by atoms with E-state index in [4.69, 9.17) is 0 Å². The summed E-state index contributed by atoms with van der Waals surface area (Å²) < 4.78 is 25.6. The van der Waals surface area contributed by atoms with Crippen molar-refractivity contribution in [2.24, 2.45) is 0 Å². The van der Waals surface area contributed by atoms with E-state index in [-0.39, 0.29) is 0 Å². The Morgan fingerprint density at radius 1 is 0.889 bits per heavy atom. The van der Waals surface area contributed by atoms with E-state index in [1.807, 2.05) is 18.2 Å². The fraction of sp³-hybridized carbons (Fsp3) is 0.200. The first-order valence-corrected chi connectivity index (χ1v) is 5.98. The summed E-state index contributed by atoms with van der Waals surface area (Å²) in [4.78, 5) is 0. The number of nitrogens with one attached hydrogen (secondary N) is 1. The first-order valence-electron chi connectivity index (χ1n) is 5.98. The van der Waals surface area contributed by atoms with E-state index < -0.39 is 11.6 Å². The number of hydrogen-bond donors (Lipinski definition) is 1. The molecule has 0 saturated carbocycles. The van der Waals surface area contributed by atoms with Crippen molar-refractivity contribution in [3.63, 3.8) is 0 Å². The number of halogens is 2. The standard InChI is InChI=1S/C15H15F2N/c16-14-9-8-13(11-15(14)17)18-10-4-7-12-5-2-1-3-6-12/h1-3,5-6,8-9,11,18H,4,7,10H2. The molecule has 0 amide bonds. The van der Waals surface area contributed by atoms with Crippen LogP contribution in [0, 0.1) is 11.6 Å². The lowest BCUT2D eigenvalue weighted by Crippen LogP contribution is -2.03. The minimum absolute atomic E-state index is 0.613. The van der Waals surface area contributed by atoms with Gasteiger partial charge in [-0.05, 0) is 36.6 Å². The number of hydrogen-bond acceptors (Lipinski definition) is 1. The highest BCUT2D eigenvalue weighted by atomic mass is 19.2. The lowest BCUT2D eigenvalue weighted by molar-refractivity contribution is 0.509. The van der Waals surface area contributed by atoms with Gasteiger partial charge in [-0.15, -0.1) is 0 Å². The van der Waals surface area contributed by atoms with Gasteiger partial charge in [0.1, 0.15) is 0 Å². The zero-order valence-electron chi connectivity index (χ0n) is 10.00. The van der Waals surface area contributed by atoms with Crippen molar-refractivity contribution < 1.29 is 8.78 Å². The lowest BCUT2D eigenvalue weighted by atomic mass is 10.1. The molecule has 2 rings (SSSR count). The molecule has 3 heteroatoms. The van der Waals surface area contributed by atoms with Crippen LogP contribution in [0.15, 0.2) is 48.5 Å². The van der Waals surface area contributed by atoms with Crippen LogP contribution >= 0.6 is 0 Å². The number of rotatable bonds is 5. The molecule has 18 heavy (non-hydrogen) atoms. The van der Waals surface area contributed by atoms with Crippen LogP contribution < -0.4 is 5.32 Å². The molecule has 0 aliphatic carbocycles. The van der Waals surface area contributed by atoms with Gasteiger partial charge in [-0.25, -0.2) is 8.78 Å². The SMILES string of the molecule is Fc1ccc(NCCCc2ccccc2)cc1F. The topological polar surface area (TPSA) is 12.0 Å². The van der Waals surface area contributed by atoms with Gasteiger partial charge in [0.25, 0.3) is 0 Å². The van der Waals surface area contributed by atoms with Gasteiger partial charge in [0.15, 0.2) is 11.6 Å². The minimum atomic E-state index is -0.817. The zero-order chi connectivity index (χ0) is 12.8. The Balaban J connectivity index is 1.77. The van der Waals surface area contributed by atoms with Crippen LogP contribution in [-0.4, -0.2) is 6.54 Å². The van der Waals surface area contributed by atoms with Gasteiger partial charge in [-0.3, -0.25) is 0 Å². The molecule has 2 aromatic rings. The molecule has 0 aliphatic rings. The molecule has 0 radical (unpaired) electrons. The molecule has 0 heterocycles. The molecule has 0 unspecified atom stereocenters. The Morgan fingerprint density at radius 2 is 1.67 bits per heavy atom. The van der Waals surface area contributed by atoms with Crippen molar-refractivity contribution in [1.82, 2.24) is 0 Å². The summed E-state index contributed by atoms with van der Waals surface area (Å²) in [5.74, 6) is -1.63. The van der Waals surface area contributed by atoms with Gasteiger partial charge >= 0.3 is 0 Å². The molecule has 0 atom stereocenters. The maximum Gasteiger partial charge on any atom is 0.160 e. The van der Waals surface area contributed by atoms with Crippen molar-refractivity contribution in [2.75, 3.05) is 11.9 Å². The molecule has 1 N–H and O–H groups in total. The summed E-state index contributed by atoms with van der Waals surface area (Å²) >= 11 is 0. The third-order valence-electron chi connectivity index (χ3n) is 2.73. The second-order valence-electron chi connectivity index (χ2n) is 4.14. The summed E-state index contributed by atoms with van der Waals surface area (Å²) in [6.45, 7) is 0.736. The predicted molar refractivity (Wildman–Crippen MR) is 69.6 cm³/mol. The molecule has 0 aliphatic heterocycles. The van der Waals surface area contributed by atoms with Gasteiger partial charge in [-0.1, -0.05) is 30.3 Å². The average Bonchev–Trinajstić information content (AvgIpc) is 2.40. The quantitative estimate of drug-likeness (QED) is 0.787. The first-order chi connectivity index (χ1) is 8.75. The lowest BCUT2D eigenvalue weighted by Gasteiger charge is -2.06. The largest absolute Gasteiger partial charge is 0.385 e. The molecule has 0 bridgehead atoms. The summed E-state index contributed by atoms with van der Waals surface area (Å²) in [6.07, 6.45) is 1.92. The summed E-state index contributed by atoms with van der Waals surface area (Å²) in [6, 6.07) is 14.0. The number of aryl methyl sites for hydroxylation is 1. The van der Waals surface area contributed by atoms with Crippen LogP contribution in [0.5, 0.6) is 0 Å². The molecule has 0 spiro atoms. The normalized spacial score (nSPS) is 10.3. The molecule has 0 fully saturated rings. The smallest absolute Gasteiger partial charge is 0.160 e. The average molecular weight is 247 g/mol. The fourth-order valence-corrected chi connectivity index (χ4v) is 1.78. The fourth-order valence-electron chi connectivity index (χ4n) is 1.78. The highest BCUT2D eigenvalue weighted by molar-refractivity contribution is 5.43. The Kier molecular flexibility index (Phi) is 4.29. The predicted octanol–water partition coefficient (Wildman–Crippen LogP) is 4.01. The maximum absolute atomic E-state index is 12.9. The van der Waals surface area contributed by atoms with Crippen LogP contribution in [0.3, 0.4) is 0 Å². The van der Waals surface area contributed by atoms with E-state index >= 15 is 0 Å². The van der Waals surface area contributed by atoms with E-state index in [1.165, 1.54) is 11.6 Å². The number of benzene rings is 2. The number of anilines is 1. The van der Waals surface area contributed by atoms with Gasteiger partial charge in [-0.2, -0.15) is 0 Å². The maximum atomic E-state index is 12.9. The van der Waals surface area contributed by atoms with Crippen LogP contribution in [0.25, 0.3) is 0 Å². The molecular formula is C15H15F2N. The van der Waals surface area contributed by atoms with Crippen molar-refractivity contribution >= 4 is 5.69 Å². The molecule has 0 saturated heterocycles. The molecule has 0 aromatic heterocycles. The Bertz CT molecular complexity index is 497. The third kappa shape index (κ3) is 3.55. The van der Waals surface area contributed by atoms with Gasteiger partial charge < -0.3 is 5.32 Å². The van der Waals surface area contributed by atoms with E-state index in [0.29, 0.717) is 5.69 Å². The molecular weight excluding hydrogens is 232 g/mol. The van der Waals surface area contributed by atoms with Crippen molar-refractivity contribution in [1.29, 1.82) is 0 Å². The summed E-state index contributed by atoms with van der Waals surface area (Å²) in [7, 11) is 0. The van der Waals surface area contributed by atoms with E-state index in [9.17, 15) is 8.78 Å². The summed E-state index contributed by atoms with van der Waals surface area (Å²) in [5.41, 5.74) is 1.89. The first kappa shape index (κ1) is 12.6. The Hall–Kier alpha value is -1.90. The monoisotopic (exact) mass is 247 g/mol. The Labute approximate surface area is 105 Å². The van der Waals surface area contributed by atoms with Crippen LogP contribution in [0.4, 0.5) is 14.5 Å². The second-order valence-corrected chi connectivity index (χ2v) is 4.14. The van der Waals surface area contributed by atoms with Crippen LogP contribution in [0.2, 0.25) is 0 Å². The second kappa shape index (κ2) is 6.15. The van der Waals surface area contributed by atoms with Crippen LogP contribution in [0.1, 0.15) is 12.0 Å². The van der Waals surface area contributed by atoms with Crippen molar-refractivity contribution in [2.45, 2.75) is 12.8 Å². The van der Waals surface area contributed by atoms with E-state index in [2.05, 4.69) is 17.4 Å². The van der Waals surface area contributed by atoms with Gasteiger partial charge in [0, 0.05) is 12.2 Å². The van der Waals surface area contributed by atoms with Gasteiger partial charge in [0.05, 0.1) is 0 Å². The van der Waals surface area contributed by atoms with Gasteiger partial charge in [0.2, 0.25) is 0 Å². The molecule has 2 aromatic carbocycles. The minimum Gasteiger partial charge on any atom is -0.385 e. The molecule has 94 valence electrons. The van der Waals surface area contributed by atoms with E-state index in [1.54, 1.807) is 6.07 Å². The Morgan fingerprint density at radius 3 is 2.39 bits per heavy atom. The zero-order valence-corrected chi connectivity index (χ0v) is 10.00. The third-order valence-corrected chi connectivity index (χ3v) is 2.73. The van der Waals surface area contributed by atoms with Crippen LogP contribution in [-0.2, 0) is 6.42 Å². The van der Waals surface area contributed by atoms with E-state index in [0.717, 1.165) is 25.5 Å². The van der Waals surface area contributed by atoms with Crippen molar-refractivity contribution in [3.05, 3.63) is 65.7 Å². The highest BCUT2D eigenvalue weighted by Crippen LogP contribution is 2.13. The molecule has 1 nitrogen and oxygen atoms in total. The summed E-state index contributed by atoms with van der Waals surface area (Å²) in [5, 5.41) is 3.08. The highest BCUT2D eigenvalue weighted by Gasteiger charge is 2.01. The van der Waals surface area contributed by atoms with Crippen molar-refractivity contribution in [3.8, 4) is 0 Å².